The highest BCUT2D eigenvalue weighted by Crippen LogP contribution is 2.39. The van der Waals surface area contributed by atoms with Crippen molar-refractivity contribution in [2.45, 2.75) is 149 Å². The third kappa shape index (κ3) is 8.23. The Bertz CT molecular complexity index is 1960. The highest BCUT2D eigenvalue weighted by atomic mass is 19.1. The topological polar surface area (TPSA) is 105 Å². The number of anilines is 1. The molecule has 304 valence electrons. The molecule has 0 saturated carbocycles. The second-order valence-electron chi connectivity index (χ2n) is 19.6. The summed E-state index contributed by atoms with van der Waals surface area (Å²) in [6.45, 7) is 29.0. The second kappa shape index (κ2) is 14.3. The summed E-state index contributed by atoms with van der Waals surface area (Å²) in [6, 6.07) is 17.3. The highest BCUT2D eigenvalue weighted by Gasteiger charge is 2.54. The molecule has 0 aromatic heterocycles. The van der Waals surface area contributed by atoms with Crippen LogP contribution in [0.3, 0.4) is 0 Å². The van der Waals surface area contributed by atoms with E-state index in [1.807, 2.05) is 116 Å². The summed E-state index contributed by atoms with van der Waals surface area (Å²) in [4.78, 5) is 30.9. The monoisotopic (exact) mass is 782 g/mol. The van der Waals surface area contributed by atoms with E-state index in [1.165, 1.54) is 11.0 Å². The standard InChI is InChI=1S/C43H58B3FN2O8/c1-37(2,3)48-35(50)34(28-18-25-32(33(47)26-28)46-56-42(12,13)43(14,15)57-46)49(31-23-21-30(22-24-31)45-54-40(8,9)41(10,11)55-45)36(51)27-16-19-29(20-17-27)44-52-38(4,5)39(6,7)53-44/h16-26,34H,1-15H3,(H,48,50). The molecular formula is C43H58B3FN2O8. The van der Waals surface area contributed by atoms with Crippen molar-refractivity contribution < 1.29 is 41.9 Å². The van der Waals surface area contributed by atoms with Gasteiger partial charge in [-0.05, 0) is 151 Å². The van der Waals surface area contributed by atoms with E-state index < -0.39 is 84.2 Å². The maximum absolute atomic E-state index is 16.4. The van der Waals surface area contributed by atoms with Crippen molar-refractivity contribution in [1.29, 1.82) is 0 Å². The molecule has 0 spiro atoms. The number of hydrogen-bond acceptors (Lipinski definition) is 8. The van der Waals surface area contributed by atoms with Crippen LogP contribution in [-0.4, -0.2) is 72.3 Å². The fraction of sp³-hybridized carbons (Fsp3) is 0.535. The van der Waals surface area contributed by atoms with E-state index in [9.17, 15) is 9.59 Å². The number of benzene rings is 3. The zero-order chi connectivity index (χ0) is 42.3. The maximum atomic E-state index is 16.4. The van der Waals surface area contributed by atoms with Gasteiger partial charge in [-0.3, -0.25) is 14.5 Å². The summed E-state index contributed by atoms with van der Waals surface area (Å²) < 4.78 is 53.8. The summed E-state index contributed by atoms with van der Waals surface area (Å²) in [5, 5.41) is 3.04. The van der Waals surface area contributed by atoms with Gasteiger partial charge in [0.2, 0.25) is 5.91 Å². The van der Waals surface area contributed by atoms with Crippen LogP contribution in [0.25, 0.3) is 0 Å². The Hall–Kier alpha value is -3.52. The van der Waals surface area contributed by atoms with Crippen LogP contribution < -0.4 is 26.6 Å². The Morgan fingerprint density at radius 1 is 0.596 bits per heavy atom. The van der Waals surface area contributed by atoms with E-state index in [1.54, 1.807) is 48.5 Å². The lowest BCUT2D eigenvalue weighted by Crippen LogP contribution is -2.50. The molecule has 0 radical (unpaired) electrons. The third-order valence-corrected chi connectivity index (χ3v) is 12.5. The fourth-order valence-corrected chi connectivity index (χ4v) is 6.79. The Morgan fingerprint density at radius 3 is 1.37 bits per heavy atom. The summed E-state index contributed by atoms with van der Waals surface area (Å²) >= 11 is 0. The number of amides is 2. The summed E-state index contributed by atoms with van der Waals surface area (Å²) in [7, 11) is -2.24. The second-order valence-corrected chi connectivity index (χ2v) is 19.6. The number of hydrogen-bond donors (Lipinski definition) is 1. The van der Waals surface area contributed by atoms with E-state index in [0.29, 0.717) is 11.3 Å². The SMILES string of the molecule is CC(C)(C)NC(=O)C(c1ccc(B2OC(C)(C)C(C)(C)O2)c(F)c1)N(C(=O)c1ccc(B2OC(C)(C)C(C)(C)O2)cc1)c1ccc(B2OC(C)(C)C(C)(C)O2)cc1. The first-order valence-electron chi connectivity index (χ1n) is 19.8. The van der Waals surface area contributed by atoms with E-state index in [-0.39, 0.29) is 11.0 Å². The van der Waals surface area contributed by atoms with Crippen LogP contribution in [0.2, 0.25) is 0 Å². The highest BCUT2D eigenvalue weighted by molar-refractivity contribution is 6.63. The van der Waals surface area contributed by atoms with Crippen molar-refractivity contribution >= 4 is 55.2 Å². The molecule has 3 aromatic carbocycles. The minimum atomic E-state index is -1.30. The predicted molar refractivity (Wildman–Crippen MR) is 224 cm³/mol. The molecule has 57 heavy (non-hydrogen) atoms. The lowest BCUT2D eigenvalue weighted by Gasteiger charge is -2.34. The molecule has 1 atom stereocenters. The van der Waals surface area contributed by atoms with Crippen molar-refractivity contribution in [3.8, 4) is 0 Å². The average molecular weight is 782 g/mol. The van der Waals surface area contributed by atoms with Gasteiger partial charge in [-0.2, -0.15) is 0 Å². The minimum Gasteiger partial charge on any atom is -0.399 e. The van der Waals surface area contributed by atoms with Crippen LogP contribution >= 0.6 is 0 Å². The molecule has 10 nitrogen and oxygen atoms in total. The van der Waals surface area contributed by atoms with Gasteiger partial charge in [-0.15, -0.1) is 0 Å². The number of nitrogens with zero attached hydrogens (tertiary/aromatic N) is 1. The molecule has 2 amide bonds. The lowest BCUT2D eigenvalue weighted by molar-refractivity contribution is -0.123. The Labute approximate surface area is 339 Å². The van der Waals surface area contributed by atoms with Gasteiger partial charge in [0.1, 0.15) is 11.9 Å². The first-order chi connectivity index (χ1) is 26.0. The van der Waals surface area contributed by atoms with Crippen molar-refractivity contribution in [3.05, 3.63) is 83.7 Å². The molecule has 3 aliphatic heterocycles. The van der Waals surface area contributed by atoms with Crippen LogP contribution in [0.4, 0.5) is 10.1 Å². The Balaban J connectivity index is 1.43. The van der Waals surface area contributed by atoms with Gasteiger partial charge in [0.05, 0.1) is 33.6 Å². The zero-order valence-corrected chi connectivity index (χ0v) is 36.3. The van der Waals surface area contributed by atoms with Crippen LogP contribution in [-0.2, 0) is 32.7 Å². The van der Waals surface area contributed by atoms with E-state index in [4.69, 9.17) is 27.9 Å². The molecule has 14 heteroatoms. The van der Waals surface area contributed by atoms with Crippen molar-refractivity contribution in [3.63, 3.8) is 0 Å². The fourth-order valence-electron chi connectivity index (χ4n) is 6.79. The number of carbonyl (C=O) groups excluding carboxylic acids is 2. The molecule has 3 saturated heterocycles. The first-order valence-corrected chi connectivity index (χ1v) is 19.8. The normalized spacial score (nSPS) is 22.1. The van der Waals surface area contributed by atoms with Crippen LogP contribution in [0, 0.1) is 5.82 Å². The maximum Gasteiger partial charge on any atom is 0.497 e. The number of nitrogens with one attached hydrogen (secondary N) is 1. The molecule has 6 rings (SSSR count). The van der Waals surface area contributed by atoms with Gasteiger partial charge in [0, 0.05) is 22.3 Å². The quantitative estimate of drug-likeness (QED) is 0.277. The van der Waals surface area contributed by atoms with Gasteiger partial charge >= 0.3 is 21.4 Å². The van der Waals surface area contributed by atoms with Gasteiger partial charge in [-0.25, -0.2) is 4.39 Å². The van der Waals surface area contributed by atoms with Gasteiger partial charge in [-0.1, -0.05) is 36.4 Å². The summed E-state index contributed by atoms with van der Waals surface area (Å²) in [5.41, 5.74) is -1.64. The van der Waals surface area contributed by atoms with Gasteiger partial charge < -0.3 is 33.2 Å². The molecule has 3 fully saturated rings. The molecule has 3 aromatic rings. The third-order valence-electron chi connectivity index (χ3n) is 12.5. The Kier molecular flexibility index (Phi) is 10.8. The molecule has 1 N–H and O–H groups in total. The van der Waals surface area contributed by atoms with Crippen molar-refractivity contribution in [2.24, 2.45) is 0 Å². The summed E-state index contributed by atoms with van der Waals surface area (Å²) in [5.74, 6) is -1.61. The van der Waals surface area contributed by atoms with Crippen LogP contribution in [0.15, 0.2) is 66.7 Å². The average Bonchev–Trinajstić information content (AvgIpc) is 3.55. The number of rotatable bonds is 8. The number of carbonyl (C=O) groups is 2. The predicted octanol–water partition coefficient (Wildman–Crippen LogP) is 6.03. The van der Waals surface area contributed by atoms with Crippen molar-refractivity contribution in [1.82, 2.24) is 5.32 Å². The largest absolute Gasteiger partial charge is 0.497 e. The van der Waals surface area contributed by atoms with Gasteiger partial charge in [0.15, 0.2) is 0 Å². The summed E-state index contributed by atoms with van der Waals surface area (Å²) in [6.07, 6.45) is 0. The molecule has 0 aliphatic carbocycles. The van der Waals surface area contributed by atoms with E-state index >= 15 is 4.39 Å². The minimum absolute atomic E-state index is 0.190. The lowest BCUT2D eigenvalue weighted by atomic mass is 9.77. The van der Waals surface area contributed by atoms with Crippen LogP contribution in [0.1, 0.15) is 126 Å². The Morgan fingerprint density at radius 2 is 0.982 bits per heavy atom. The van der Waals surface area contributed by atoms with Crippen LogP contribution in [0.5, 0.6) is 0 Å². The molecular weight excluding hydrogens is 724 g/mol. The molecule has 0 bridgehead atoms. The van der Waals surface area contributed by atoms with Crippen molar-refractivity contribution in [2.75, 3.05) is 4.90 Å². The smallest absolute Gasteiger partial charge is 0.399 e. The molecule has 3 heterocycles. The van der Waals surface area contributed by atoms with Gasteiger partial charge in [0.25, 0.3) is 5.91 Å². The first kappa shape index (κ1) is 43.1. The van der Waals surface area contributed by atoms with E-state index in [0.717, 1.165) is 10.9 Å². The van der Waals surface area contributed by atoms with E-state index in [2.05, 4.69) is 5.32 Å². The molecule has 3 aliphatic rings. The zero-order valence-electron chi connectivity index (χ0n) is 36.3. The number of halogens is 1. The molecule has 1 unspecified atom stereocenters.